The van der Waals surface area contributed by atoms with Gasteiger partial charge in [-0.2, -0.15) is 0 Å². The molecule has 3 nitrogen and oxygen atoms in total. The van der Waals surface area contributed by atoms with Gasteiger partial charge in [-0.05, 0) is 6.92 Å². The van der Waals surface area contributed by atoms with Crippen molar-refractivity contribution in [2.75, 3.05) is 19.8 Å². The summed E-state index contributed by atoms with van der Waals surface area (Å²) in [5.41, 5.74) is 0. The minimum Gasteiger partial charge on any atom is -0.346 e. The maximum atomic E-state index is 10.7. The second-order valence-electron chi connectivity index (χ2n) is 1.78. The van der Waals surface area contributed by atoms with Crippen molar-refractivity contribution in [1.29, 1.82) is 0 Å². The van der Waals surface area contributed by atoms with Crippen LogP contribution >= 0.6 is 8.46 Å². The van der Waals surface area contributed by atoms with Gasteiger partial charge in [-0.15, -0.1) is 0 Å². The first-order valence-corrected chi connectivity index (χ1v) is 4.18. The zero-order valence-corrected chi connectivity index (χ0v) is 6.91. The predicted octanol–water partition coefficient (Wildman–Crippen LogP) is 0.221. The summed E-state index contributed by atoms with van der Waals surface area (Å²) >= 11 is 0. The first kappa shape index (κ1) is 8.70. The number of carbonyl (C=O) groups is 1. The number of rotatable bonds is 3. The smallest absolute Gasteiger partial charge is 0.229 e. The average Bonchev–Trinajstić information content (AvgIpc) is 1.87. The number of nitrogens with zero attached hydrogens (tertiary/aromatic N) is 1. The lowest BCUT2D eigenvalue weighted by Gasteiger charge is -2.11. The lowest BCUT2D eigenvalue weighted by molar-refractivity contribution is -0.126. The average molecular weight is 149 g/mol. The van der Waals surface area contributed by atoms with Crippen LogP contribution in [0, 0.1) is 0 Å². The minimum absolute atomic E-state index is 0.0255. The Kier molecular flexibility index (Phi) is 4.41. The van der Waals surface area contributed by atoms with Crippen molar-refractivity contribution in [3.63, 3.8) is 0 Å². The van der Waals surface area contributed by atoms with Crippen molar-refractivity contribution in [3.8, 4) is 0 Å². The SMILES string of the molecule is CCN(C)C(=O)C[PH2]=O. The van der Waals surface area contributed by atoms with Crippen LogP contribution in [0.4, 0.5) is 0 Å². The van der Waals surface area contributed by atoms with E-state index in [4.69, 9.17) is 0 Å². The zero-order valence-electron chi connectivity index (χ0n) is 5.76. The van der Waals surface area contributed by atoms with Crippen LogP contribution in [0.25, 0.3) is 0 Å². The first-order valence-electron chi connectivity index (χ1n) is 2.90. The van der Waals surface area contributed by atoms with Gasteiger partial charge in [0.2, 0.25) is 5.91 Å². The van der Waals surface area contributed by atoms with Gasteiger partial charge < -0.3 is 9.46 Å². The fourth-order valence-corrected chi connectivity index (χ4v) is 0.858. The largest absolute Gasteiger partial charge is 0.346 e. The Bertz CT molecular complexity index is 116. The Balaban J connectivity index is 3.58. The molecule has 0 saturated carbocycles. The Hall–Kier alpha value is -0.300. The highest BCUT2D eigenvalue weighted by molar-refractivity contribution is 7.25. The van der Waals surface area contributed by atoms with E-state index >= 15 is 0 Å². The molecule has 4 heteroatoms. The van der Waals surface area contributed by atoms with Crippen molar-refractivity contribution < 1.29 is 9.36 Å². The Labute approximate surface area is 56.2 Å². The van der Waals surface area contributed by atoms with Gasteiger partial charge >= 0.3 is 0 Å². The van der Waals surface area contributed by atoms with Gasteiger partial charge in [-0.25, -0.2) is 0 Å². The number of carbonyl (C=O) groups excluding carboxylic acids is 1. The maximum absolute atomic E-state index is 10.7. The molecule has 1 amide bonds. The van der Waals surface area contributed by atoms with E-state index in [1.165, 1.54) is 0 Å². The molecule has 0 rings (SSSR count). The van der Waals surface area contributed by atoms with E-state index in [2.05, 4.69) is 0 Å². The molecule has 54 valence electrons. The summed E-state index contributed by atoms with van der Waals surface area (Å²) < 4.78 is 10.00. The molecule has 0 aromatic rings. The number of hydrogen-bond acceptors (Lipinski definition) is 2. The maximum Gasteiger partial charge on any atom is 0.229 e. The third kappa shape index (κ3) is 3.31. The molecule has 0 heterocycles. The van der Waals surface area contributed by atoms with Crippen molar-refractivity contribution in [2.45, 2.75) is 6.92 Å². The van der Waals surface area contributed by atoms with Crippen LogP contribution in [-0.2, 0) is 9.36 Å². The molecule has 0 aliphatic heterocycles. The molecule has 0 saturated heterocycles. The molecule has 0 aliphatic rings. The molecule has 0 aromatic heterocycles. The lowest BCUT2D eigenvalue weighted by Crippen LogP contribution is -2.26. The van der Waals surface area contributed by atoms with Crippen molar-refractivity contribution in [2.24, 2.45) is 0 Å². The molecule has 0 aliphatic carbocycles. The first-order chi connectivity index (χ1) is 4.22. The van der Waals surface area contributed by atoms with Gasteiger partial charge in [0.25, 0.3) is 0 Å². The normalized spacial score (nSPS) is 10.4. The summed E-state index contributed by atoms with van der Waals surface area (Å²) in [6.07, 6.45) is 0.213. The summed E-state index contributed by atoms with van der Waals surface area (Å²) in [7, 11) is 0.789. The monoisotopic (exact) mass is 149 g/mol. The molecule has 0 radical (unpaired) electrons. The number of amides is 1. The molecule has 9 heavy (non-hydrogen) atoms. The summed E-state index contributed by atoms with van der Waals surface area (Å²) in [4.78, 5) is 12.3. The molecule has 0 aromatic carbocycles. The van der Waals surface area contributed by atoms with Crippen LogP contribution in [0.15, 0.2) is 0 Å². The van der Waals surface area contributed by atoms with Crippen LogP contribution in [0.5, 0.6) is 0 Å². The van der Waals surface area contributed by atoms with E-state index in [1.54, 1.807) is 11.9 Å². The molecule has 0 N–H and O–H groups in total. The van der Waals surface area contributed by atoms with Gasteiger partial charge in [0.15, 0.2) is 0 Å². The topological polar surface area (TPSA) is 37.4 Å². The van der Waals surface area contributed by atoms with Crippen molar-refractivity contribution >= 4 is 14.4 Å². The van der Waals surface area contributed by atoms with E-state index in [9.17, 15) is 9.36 Å². The van der Waals surface area contributed by atoms with Gasteiger partial charge in [0, 0.05) is 13.6 Å². The number of hydrogen-bond donors (Lipinski definition) is 0. The van der Waals surface area contributed by atoms with Crippen LogP contribution in [0.2, 0.25) is 0 Å². The van der Waals surface area contributed by atoms with Crippen LogP contribution < -0.4 is 0 Å². The van der Waals surface area contributed by atoms with Crippen LogP contribution in [-0.4, -0.2) is 30.6 Å². The lowest BCUT2D eigenvalue weighted by atomic mass is 10.5. The van der Waals surface area contributed by atoms with E-state index in [0.717, 1.165) is 0 Å². The fourth-order valence-electron chi connectivity index (χ4n) is 0.403. The molecule has 1 atom stereocenters. The molecule has 0 fully saturated rings. The Morgan fingerprint density at radius 1 is 1.67 bits per heavy atom. The van der Waals surface area contributed by atoms with E-state index in [1.807, 2.05) is 6.92 Å². The predicted molar refractivity (Wildman–Crippen MR) is 38.6 cm³/mol. The summed E-state index contributed by atoms with van der Waals surface area (Å²) in [6, 6.07) is 0. The Morgan fingerprint density at radius 2 is 2.22 bits per heavy atom. The van der Waals surface area contributed by atoms with E-state index < -0.39 is 8.46 Å². The molecule has 0 bridgehead atoms. The van der Waals surface area contributed by atoms with Gasteiger partial charge in [-0.1, -0.05) is 0 Å². The third-order valence-electron chi connectivity index (χ3n) is 1.16. The second-order valence-corrected chi connectivity index (χ2v) is 2.52. The summed E-state index contributed by atoms with van der Waals surface area (Å²) in [5, 5.41) is 0. The standard InChI is InChI=1S/C5H12NO2P/c1-3-6(2)5(7)4-9-8/h3-4,9H2,1-2H3. The molecule has 1 unspecified atom stereocenters. The second kappa shape index (κ2) is 4.57. The molecule has 0 spiro atoms. The summed E-state index contributed by atoms with van der Waals surface area (Å²) in [6.45, 7) is 2.58. The fraction of sp³-hybridized carbons (Fsp3) is 0.800. The van der Waals surface area contributed by atoms with E-state index in [0.29, 0.717) is 6.54 Å². The highest BCUT2D eigenvalue weighted by Crippen LogP contribution is 1.93. The van der Waals surface area contributed by atoms with Crippen molar-refractivity contribution in [1.82, 2.24) is 4.90 Å². The van der Waals surface area contributed by atoms with Crippen LogP contribution in [0.1, 0.15) is 6.92 Å². The summed E-state index contributed by atoms with van der Waals surface area (Å²) in [5.74, 6) is -0.0255. The quantitative estimate of drug-likeness (QED) is 0.538. The molecular formula is C5H12NO2P. The van der Waals surface area contributed by atoms with Crippen molar-refractivity contribution in [3.05, 3.63) is 0 Å². The van der Waals surface area contributed by atoms with E-state index in [-0.39, 0.29) is 12.1 Å². The van der Waals surface area contributed by atoms with Crippen LogP contribution in [0.3, 0.4) is 0 Å². The highest BCUT2D eigenvalue weighted by atomic mass is 31.1. The minimum atomic E-state index is -0.917. The molecular weight excluding hydrogens is 137 g/mol. The van der Waals surface area contributed by atoms with Gasteiger partial charge in [-0.3, -0.25) is 4.79 Å². The zero-order chi connectivity index (χ0) is 7.28. The van der Waals surface area contributed by atoms with Gasteiger partial charge in [0.05, 0.1) is 14.6 Å². The van der Waals surface area contributed by atoms with Gasteiger partial charge in [0.1, 0.15) is 0 Å². The Morgan fingerprint density at radius 3 is 2.56 bits per heavy atom. The third-order valence-corrected chi connectivity index (χ3v) is 1.67. The highest BCUT2D eigenvalue weighted by Gasteiger charge is 2.02.